The topological polar surface area (TPSA) is 52.0 Å². The molecule has 0 unspecified atom stereocenters. The molecule has 0 atom stereocenters. The van der Waals surface area contributed by atoms with Gasteiger partial charge in [0.25, 0.3) is 0 Å². The van der Waals surface area contributed by atoms with Crippen LogP contribution < -0.4 is 11.5 Å². The SMILES string of the molecule is Cc1cc(-c2ccc(C(C)C)c(C(C)C)c2-c2cc(C)c(N)c(C)c2)cc(C)c1N. The molecule has 0 aliphatic carbocycles. The minimum atomic E-state index is 0.409. The van der Waals surface area contributed by atoms with E-state index in [1.165, 1.54) is 33.4 Å². The van der Waals surface area contributed by atoms with E-state index in [9.17, 15) is 0 Å². The average Bonchev–Trinajstić information content (AvgIpc) is 2.68. The van der Waals surface area contributed by atoms with Gasteiger partial charge in [-0.3, -0.25) is 0 Å². The molecule has 0 saturated carbocycles. The second-order valence-corrected chi connectivity index (χ2v) is 9.35. The Hall–Kier alpha value is -2.74. The summed E-state index contributed by atoms with van der Waals surface area (Å²) in [6.45, 7) is 17.5. The molecule has 0 aliphatic rings. The summed E-state index contributed by atoms with van der Waals surface area (Å²) in [6.07, 6.45) is 0. The van der Waals surface area contributed by atoms with E-state index in [0.717, 1.165) is 33.6 Å². The van der Waals surface area contributed by atoms with Gasteiger partial charge in [-0.1, -0.05) is 39.8 Å². The second kappa shape index (κ2) is 8.18. The zero-order chi connectivity index (χ0) is 22.3. The van der Waals surface area contributed by atoms with Gasteiger partial charge in [0, 0.05) is 11.4 Å². The zero-order valence-electron chi connectivity index (χ0n) is 19.8. The third kappa shape index (κ3) is 3.84. The van der Waals surface area contributed by atoms with Crippen LogP contribution in [-0.2, 0) is 0 Å². The van der Waals surface area contributed by atoms with Crippen molar-refractivity contribution in [2.45, 2.75) is 67.2 Å². The number of hydrogen-bond donors (Lipinski definition) is 2. The molecule has 0 fully saturated rings. The summed E-state index contributed by atoms with van der Waals surface area (Å²) in [4.78, 5) is 0. The number of nitrogen functional groups attached to an aromatic ring is 2. The Morgan fingerprint density at radius 3 is 1.43 bits per heavy atom. The van der Waals surface area contributed by atoms with E-state index >= 15 is 0 Å². The third-order valence-electron chi connectivity index (χ3n) is 6.27. The smallest absolute Gasteiger partial charge is 0.0373 e. The maximum Gasteiger partial charge on any atom is 0.0373 e. The zero-order valence-corrected chi connectivity index (χ0v) is 19.8. The first-order chi connectivity index (χ1) is 14.0. The van der Waals surface area contributed by atoms with Crippen LogP contribution in [0.1, 0.15) is 72.9 Å². The molecule has 0 bridgehead atoms. The maximum atomic E-state index is 6.30. The van der Waals surface area contributed by atoms with Crippen molar-refractivity contribution in [2.75, 3.05) is 11.5 Å². The first-order valence-electron chi connectivity index (χ1n) is 10.9. The van der Waals surface area contributed by atoms with Crippen molar-refractivity contribution in [1.29, 1.82) is 0 Å². The lowest BCUT2D eigenvalue weighted by Crippen LogP contribution is -2.05. The van der Waals surface area contributed by atoms with Crippen LogP contribution in [0.3, 0.4) is 0 Å². The van der Waals surface area contributed by atoms with E-state index in [4.69, 9.17) is 11.5 Å². The van der Waals surface area contributed by atoms with Crippen molar-refractivity contribution in [3.63, 3.8) is 0 Å². The Labute approximate surface area is 182 Å². The molecular weight excluding hydrogens is 364 g/mol. The summed E-state index contributed by atoms with van der Waals surface area (Å²) < 4.78 is 0. The van der Waals surface area contributed by atoms with Crippen LogP contribution >= 0.6 is 0 Å². The molecule has 2 nitrogen and oxygen atoms in total. The molecule has 0 aliphatic heterocycles. The van der Waals surface area contributed by atoms with E-state index in [1.807, 2.05) is 0 Å². The predicted molar refractivity (Wildman–Crippen MR) is 133 cm³/mol. The fraction of sp³-hybridized carbons (Fsp3) is 0.357. The molecule has 3 rings (SSSR count). The van der Waals surface area contributed by atoms with E-state index < -0.39 is 0 Å². The van der Waals surface area contributed by atoms with E-state index in [1.54, 1.807) is 0 Å². The Balaban J connectivity index is 2.47. The van der Waals surface area contributed by atoms with Crippen molar-refractivity contribution >= 4 is 11.4 Å². The molecule has 0 saturated heterocycles. The van der Waals surface area contributed by atoms with Crippen LogP contribution in [0, 0.1) is 27.7 Å². The van der Waals surface area contributed by atoms with Gasteiger partial charge in [0.05, 0.1) is 0 Å². The molecule has 158 valence electrons. The van der Waals surface area contributed by atoms with Crippen molar-refractivity contribution in [2.24, 2.45) is 0 Å². The molecule has 2 heteroatoms. The average molecular weight is 401 g/mol. The molecule has 0 aromatic heterocycles. The Kier molecular flexibility index (Phi) is 5.99. The summed E-state index contributed by atoms with van der Waals surface area (Å²) >= 11 is 0. The normalized spacial score (nSPS) is 11.5. The van der Waals surface area contributed by atoms with Gasteiger partial charge >= 0.3 is 0 Å². The van der Waals surface area contributed by atoms with Crippen LogP contribution in [0.15, 0.2) is 36.4 Å². The highest BCUT2D eigenvalue weighted by molar-refractivity contribution is 5.89. The number of aryl methyl sites for hydroxylation is 4. The van der Waals surface area contributed by atoms with Gasteiger partial charge in [-0.25, -0.2) is 0 Å². The number of rotatable bonds is 4. The monoisotopic (exact) mass is 400 g/mol. The minimum Gasteiger partial charge on any atom is -0.398 e. The first kappa shape index (κ1) is 22.0. The second-order valence-electron chi connectivity index (χ2n) is 9.35. The molecule has 0 radical (unpaired) electrons. The fourth-order valence-corrected chi connectivity index (χ4v) is 4.56. The summed E-state index contributed by atoms with van der Waals surface area (Å²) in [7, 11) is 0. The lowest BCUT2D eigenvalue weighted by atomic mass is 9.79. The van der Waals surface area contributed by atoms with Gasteiger partial charge in [0.15, 0.2) is 0 Å². The lowest BCUT2D eigenvalue weighted by Gasteiger charge is -2.25. The number of hydrogen-bond acceptors (Lipinski definition) is 2. The van der Waals surface area contributed by atoms with Crippen molar-refractivity contribution in [3.05, 3.63) is 69.8 Å². The summed E-state index contributed by atoms with van der Waals surface area (Å²) in [5.41, 5.74) is 26.7. The summed E-state index contributed by atoms with van der Waals surface area (Å²) in [6, 6.07) is 13.5. The third-order valence-corrected chi connectivity index (χ3v) is 6.27. The van der Waals surface area contributed by atoms with Crippen LogP contribution in [0.25, 0.3) is 22.3 Å². The standard InChI is InChI=1S/C28H36N2/c1-15(2)23-9-10-24(21-11-17(5)27(29)18(6)12-21)26(25(23)16(3)4)22-13-19(7)28(30)20(8)14-22/h9-16H,29-30H2,1-8H3. The summed E-state index contributed by atoms with van der Waals surface area (Å²) in [5, 5.41) is 0. The maximum absolute atomic E-state index is 6.30. The van der Waals surface area contributed by atoms with Crippen LogP contribution in [-0.4, -0.2) is 0 Å². The molecule has 0 spiro atoms. The largest absolute Gasteiger partial charge is 0.398 e. The van der Waals surface area contributed by atoms with Crippen molar-refractivity contribution in [3.8, 4) is 22.3 Å². The molecule has 30 heavy (non-hydrogen) atoms. The Bertz CT molecular complexity index is 1060. The molecule has 4 N–H and O–H groups in total. The van der Waals surface area contributed by atoms with Crippen LogP contribution in [0.5, 0.6) is 0 Å². The van der Waals surface area contributed by atoms with Gasteiger partial charge in [-0.05, 0) is 119 Å². The predicted octanol–water partition coefficient (Wildman–Crippen LogP) is 7.67. The van der Waals surface area contributed by atoms with E-state index in [-0.39, 0.29) is 0 Å². The quantitative estimate of drug-likeness (QED) is 0.441. The van der Waals surface area contributed by atoms with Crippen molar-refractivity contribution in [1.82, 2.24) is 0 Å². The van der Waals surface area contributed by atoms with E-state index in [0.29, 0.717) is 11.8 Å². The lowest BCUT2D eigenvalue weighted by molar-refractivity contribution is 0.792. The van der Waals surface area contributed by atoms with Gasteiger partial charge in [0.2, 0.25) is 0 Å². The van der Waals surface area contributed by atoms with Crippen molar-refractivity contribution < 1.29 is 0 Å². The van der Waals surface area contributed by atoms with Gasteiger partial charge < -0.3 is 11.5 Å². The molecule has 0 amide bonds. The van der Waals surface area contributed by atoms with Gasteiger partial charge in [-0.2, -0.15) is 0 Å². The highest BCUT2D eigenvalue weighted by Crippen LogP contribution is 2.44. The highest BCUT2D eigenvalue weighted by Gasteiger charge is 2.21. The first-order valence-corrected chi connectivity index (χ1v) is 10.9. The minimum absolute atomic E-state index is 0.409. The number of nitrogens with two attached hydrogens (primary N) is 2. The molecule has 3 aromatic carbocycles. The Morgan fingerprint density at radius 1 is 0.600 bits per heavy atom. The number of anilines is 2. The van der Waals surface area contributed by atoms with Gasteiger partial charge in [-0.15, -0.1) is 0 Å². The van der Waals surface area contributed by atoms with Crippen LogP contribution in [0.4, 0.5) is 11.4 Å². The highest BCUT2D eigenvalue weighted by atomic mass is 14.6. The van der Waals surface area contributed by atoms with Crippen LogP contribution in [0.2, 0.25) is 0 Å². The molecule has 0 heterocycles. The molecular formula is C28H36N2. The van der Waals surface area contributed by atoms with Gasteiger partial charge in [0.1, 0.15) is 0 Å². The number of benzene rings is 3. The fourth-order valence-electron chi connectivity index (χ4n) is 4.56. The van der Waals surface area contributed by atoms with E-state index in [2.05, 4.69) is 91.8 Å². The summed E-state index contributed by atoms with van der Waals surface area (Å²) in [5.74, 6) is 0.868. The molecule has 3 aromatic rings. The Morgan fingerprint density at radius 2 is 1.03 bits per heavy atom.